The second-order valence-electron chi connectivity index (χ2n) is 3.66. The molecule has 1 unspecified atom stereocenters. The summed E-state index contributed by atoms with van der Waals surface area (Å²) in [6.45, 7) is 6.40. The number of urea groups is 1. The molecule has 0 radical (unpaired) electrons. The number of rotatable bonds is 6. The van der Waals surface area contributed by atoms with Crippen molar-refractivity contribution in [3.63, 3.8) is 0 Å². The van der Waals surface area contributed by atoms with Gasteiger partial charge in [-0.25, -0.2) is 4.79 Å². The van der Waals surface area contributed by atoms with E-state index >= 15 is 0 Å². The Morgan fingerprint density at radius 2 is 1.80 bits per heavy atom. The Morgan fingerprint density at radius 1 is 1.27 bits per heavy atom. The van der Waals surface area contributed by atoms with E-state index in [0.717, 1.165) is 12.8 Å². The Morgan fingerprint density at radius 3 is 2.20 bits per heavy atom. The van der Waals surface area contributed by atoms with Crippen LogP contribution in [0, 0.1) is 5.92 Å². The largest absolute Gasteiger partial charge is 0.351 e. The van der Waals surface area contributed by atoms with Crippen LogP contribution >= 0.6 is 0 Å². The fourth-order valence-electron chi connectivity index (χ4n) is 1.60. The first kappa shape index (κ1) is 13.9. The fourth-order valence-corrected chi connectivity index (χ4v) is 1.60. The monoisotopic (exact) mass is 215 g/mol. The fraction of sp³-hybridized carbons (Fsp3) is 0.800. The van der Waals surface area contributed by atoms with Crippen LogP contribution in [-0.4, -0.2) is 24.5 Å². The summed E-state index contributed by atoms with van der Waals surface area (Å²) in [6.07, 6.45) is 2.14. The number of carbonyl (C=O) groups is 2. The second-order valence-corrected chi connectivity index (χ2v) is 3.66. The molecular weight excluding hydrogens is 194 g/mol. The lowest BCUT2D eigenvalue weighted by Crippen LogP contribution is -2.44. The van der Waals surface area contributed by atoms with Gasteiger partial charge in [-0.05, 0) is 12.8 Å². The second kappa shape index (κ2) is 7.23. The molecule has 88 valence electrons. The smallest absolute Gasteiger partial charge is 0.318 e. The molecule has 15 heavy (non-hydrogen) atoms. The van der Waals surface area contributed by atoms with Crippen molar-refractivity contribution >= 4 is 11.9 Å². The Kier molecular flexibility index (Phi) is 6.70. The van der Waals surface area contributed by atoms with Gasteiger partial charge in [0.25, 0.3) is 0 Å². The number of hydrogen-bond acceptors (Lipinski definition) is 3. The molecule has 0 aliphatic heterocycles. The number of nitrogens with two attached hydrogens (primary N) is 1. The summed E-state index contributed by atoms with van der Waals surface area (Å²) in [4.78, 5) is 21.4. The first-order valence-corrected chi connectivity index (χ1v) is 5.33. The van der Waals surface area contributed by atoms with Gasteiger partial charge in [-0.2, -0.15) is 0 Å². The van der Waals surface area contributed by atoms with E-state index in [9.17, 15) is 9.59 Å². The zero-order valence-corrected chi connectivity index (χ0v) is 9.67. The first-order valence-electron chi connectivity index (χ1n) is 5.33. The van der Waals surface area contributed by atoms with Crippen LogP contribution < -0.4 is 16.4 Å². The van der Waals surface area contributed by atoms with Crippen molar-refractivity contribution < 1.29 is 9.59 Å². The van der Waals surface area contributed by atoms with Crippen molar-refractivity contribution in [2.24, 2.45) is 11.7 Å². The van der Waals surface area contributed by atoms with Crippen molar-refractivity contribution in [3.8, 4) is 0 Å². The third kappa shape index (κ3) is 6.06. The summed E-state index contributed by atoms with van der Waals surface area (Å²) >= 11 is 0. The molecule has 0 aromatic carbocycles. The highest BCUT2D eigenvalue weighted by Gasteiger charge is 2.14. The lowest BCUT2D eigenvalue weighted by atomic mass is 9.95. The van der Waals surface area contributed by atoms with Crippen LogP contribution in [0.3, 0.4) is 0 Å². The average Bonchev–Trinajstić information content (AvgIpc) is 2.15. The summed E-state index contributed by atoms with van der Waals surface area (Å²) < 4.78 is 0. The minimum absolute atomic E-state index is 0.126. The van der Waals surface area contributed by atoms with Gasteiger partial charge in [-0.1, -0.05) is 26.7 Å². The van der Waals surface area contributed by atoms with E-state index in [4.69, 9.17) is 5.73 Å². The van der Waals surface area contributed by atoms with Crippen LogP contribution in [0.15, 0.2) is 0 Å². The van der Waals surface area contributed by atoms with Gasteiger partial charge in [0.2, 0.25) is 5.91 Å². The molecule has 0 aliphatic rings. The number of imide groups is 1. The van der Waals surface area contributed by atoms with Crippen molar-refractivity contribution in [2.75, 3.05) is 6.54 Å². The maximum absolute atomic E-state index is 11.1. The predicted octanol–water partition coefficient (Wildman–Crippen LogP) is 0.596. The molecule has 0 rings (SSSR count). The quantitative estimate of drug-likeness (QED) is 0.606. The van der Waals surface area contributed by atoms with Gasteiger partial charge < -0.3 is 11.1 Å². The maximum atomic E-state index is 11.1. The molecule has 0 heterocycles. The van der Waals surface area contributed by atoms with Crippen LogP contribution in [0.5, 0.6) is 0 Å². The van der Waals surface area contributed by atoms with Crippen LogP contribution in [0.4, 0.5) is 4.79 Å². The molecule has 4 N–H and O–H groups in total. The normalized spacial score (nSPS) is 12.5. The highest BCUT2D eigenvalue weighted by molar-refractivity contribution is 5.94. The summed E-state index contributed by atoms with van der Waals surface area (Å²) in [6, 6.07) is -0.546. The minimum Gasteiger partial charge on any atom is -0.351 e. The van der Waals surface area contributed by atoms with Crippen LogP contribution in [0.2, 0.25) is 0 Å². The highest BCUT2D eigenvalue weighted by Crippen LogP contribution is 2.11. The Balaban J connectivity index is 3.83. The van der Waals surface area contributed by atoms with Crippen molar-refractivity contribution in [1.29, 1.82) is 0 Å². The van der Waals surface area contributed by atoms with E-state index in [0.29, 0.717) is 5.92 Å². The van der Waals surface area contributed by atoms with E-state index in [-0.39, 0.29) is 18.5 Å². The van der Waals surface area contributed by atoms with Gasteiger partial charge in [-0.3, -0.25) is 10.1 Å². The Hall–Kier alpha value is -1.10. The van der Waals surface area contributed by atoms with E-state index in [1.165, 1.54) is 0 Å². The van der Waals surface area contributed by atoms with E-state index in [1.54, 1.807) is 0 Å². The number of carbonyl (C=O) groups excluding carboxylic acids is 2. The van der Waals surface area contributed by atoms with Gasteiger partial charge in [0.05, 0.1) is 6.54 Å². The lowest BCUT2D eigenvalue weighted by Gasteiger charge is -2.22. The summed E-state index contributed by atoms with van der Waals surface area (Å²) in [5.74, 6) is 0.159. The average molecular weight is 215 g/mol. The van der Waals surface area contributed by atoms with Gasteiger partial charge in [0.15, 0.2) is 0 Å². The van der Waals surface area contributed by atoms with Crippen LogP contribution in [0.1, 0.15) is 33.6 Å². The molecule has 0 fully saturated rings. The molecule has 1 atom stereocenters. The number of hydrogen-bond donors (Lipinski definition) is 3. The van der Waals surface area contributed by atoms with E-state index in [2.05, 4.69) is 19.2 Å². The standard InChI is InChI=1S/C10H21N3O2/c1-4-8(5-2)7(3)12-6-9(14)13-10(11)15/h7-8,12H,4-6H2,1-3H3,(H3,11,13,14,15). The Labute approximate surface area is 90.8 Å². The van der Waals surface area contributed by atoms with Crippen molar-refractivity contribution in [2.45, 2.75) is 39.7 Å². The molecule has 0 saturated carbocycles. The predicted molar refractivity (Wildman–Crippen MR) is 59.3 cm³/mol. The van der Waals surface area contributed by atoms with Gasteiger partial charge in [0, 0.05) is 6.04 Å². The summed E-state index contributed by atoms with van der Waals surface area (Å²) in [5, 5.41) is 5.08. The van der Waals surface area contributed by atoms with Crippen LogP contribution in [0.25, 0.3) is 0 Å². The molecule has 0 spiro atoms. The van der Waals surface area contributed by atoms with Crippen molar-refractivity contribution in [3.05, 3.63) is 0 Å². The van der Waals surface area contributed by atoms with Crippen LogP contribution in [-0.2, 0) is 4.79 Å². The van der Waals surface area contributed by atoms with Gasteiger partial charge >= 0.3 is 6.03 Å². The summed E-state index contributed by atoms with van der Waals surface area (Å²) in [7, 11) is 0. The first-order chi connectivity index (χ1) is 7.01. The molecule has 5 nitrogen and oxygen atoms in total. The Bertz CT molecular complexity index is 215. The SMILES string of the molecule is CCC(CC)C(C)NCC(=O)NC(N)=O. The molecule has 0 bridgehead atoms. The minimum atomic E-state index is -0.808. The molecule has 0 aromatic heterocycles. The van der Waals surface area contributed by atoms with E-state index < -0.39 is 6.03 Å². The highest BCUT2D eigenvalue weighted by atomic mass is 16.2. The maximum Gasteiger partial charge on any atom is 0.318 e. The third-order valence-corrected chi connectivity index (χ3v) is 2.60. The number of amides is 3. The third-order valence-electron chi connectivity index (χ3n) is 2.60. The van der Waals surface area contributed by atoms with Gasteiger partial charge in [-0.15, -0.1) is 0 Å². The van der Waals surface area contributed by atoms with Gasteiger partial charge in [0.1, 0.15) is 0 Å². The molecular formula is C10H21N3O2. The molecule has 5 heteroatoms. The molecule has 0 aliphatic carbocycles. The molecule has 0 aromatic rings. The van der Waals surface area contributed by atoms with Crippen molar-refractivity contribution in [1.82, 2.24) is 10.6 Å². The lowest BCUT2D eigenvalue weighted by molar-refractivity contribution is -0.119. The zero-order chi connectivity index (χ0) is 11.8. The summed E-state index contributed by atoms with van der Waals surface area (Å²) in [5.41, 5.74) is 4.81. The topological polar surface area (TPSA) is 84.2 Å². The number of primary amides is 1. The number of nitrogens with one attached hydrogen (secondary N) is 2. The molecule has 3 amide bonds. The zero-order valence-electron chi connectivity index (χ0n) is 9.67. The van der Waals surface area contributed by atoms with E-state index in [1.807, 2.05) is 12.2 Å². The molecule has 0 saturated heterocycles.